The Hall–Kier alpha value is -1.91. The van der Waals surface area contributed by atoms with Gasteiger partial charge < -0.3 is 19.1 Å². The summed E-state index contributed by atoms with van der Waals surface area (Å²) in [5.74, 6) is 1.04. The summed E-state index contributed by atoms with van der Waals surface area (Å²) >= 11 is 1.60. The van der Waals surface area contributed by atoms with Gasteiger partial charge in [-0.2, -0.15) is 4.98 Å². The average molecular weight is 419 g/mol. The summed E-state index contributed by atoms with van der Waals surface area (Å²) in [5, 5.41) is 15.3. The van der Waals surface area contributed by atoms with E-state index in [1.165, 1.54) is 0 Å². The van der Waals surface area contributed by atoms with E-state index >= 15 is 0 Å². The van der Waals surface area contributed by atoms with Crippen LogP contribution in [0.15, 0.2) is 29.0 Å². The smallest absolute Gasteiger partial charge is 0.268 e. The molecule has 0 bridgehead atoms. The first-order chi connectivity index (χ1) is 13.9. The maximum Gasteiger partial charge on any atom is 0.268 e. The highest BCUT2D eigenvalue weighted by Crippen LogP contribution is 2.32. The van der Waals surface area contributed by atoms with Crippen LogP contribution in [-0.2, 0) is 16.1 Å². The molecule has 1 saturated heterocycles. The minimum absolute atomic E-state index is 0.102. The van der Waals surface area contributed by atoms with E-state index in [1.54, 1.807) is 17.5 Å². The molecule has 1 unspecified atom stereocenters. The van der Waals surface area contributed by atoms with Crippen molar-refractivity contribution in [1.29, 1.82) is 0 Å². The van der Waals surface area contributed by atoms with Crippen LogP contribution in [-0.4, -0.2) is 56.3 Å². The first kappa shape index (κ1) is 20.4. The highest BCUT2D eigenvalue weighted by molar-refractivity contribution is 7.22. The fraction of sp³-hybridized carbons (Fsp3) is 0.550. The van der Waals surface area contributed by atoms with Crippen LogP contribution in [0.2, 0.25) is 0 Å². The summed E-state index contributed by atoms with van der Waals surface area (Å²) in [5.41, 5.74) is -0.381. The highest BCUT2D eigenvalue weighted by Gasteiger charge is 2.28. The Balaban J connectivity index is 1.27. The number of aliphatic hydroxyl groups excluding tert-OH is 1. The molecule has 3 aromatic rings. The second-order valence-corrected chi connectivity index (χ2v) is 9.23. The molecular formula is C20H26N4O4S. The lowest BCUT2D eigenvalue weighted by atomic mass is 10.1. The molecule has 0 aliphatic carbocycles. The van der Waals surface area contributed by atoms with Crippen molar-refractivity contribution in [2.45, 2.75) is 58.3 Å². The minimum Gasteiger partial charge on any atom is -0.370 e. The Labute approximate surface area is 173 Å². The molecule has 4 heterocycles. The quantitative estimate of drug-likeness (QED) is 0.609. The second kappa shape index (κ2) is 8.45. The number of thiophene rings is 1. The van der Waals surface area contributed by atoms with Crippen LogP contribution in [0.25, 0.3) is 20.9 Å². The molecule has 4 rings (SSSR count). The third kappa shape index (κ3) is 5.18. The molecule has 0 radical (unpaired) electrons. The van der Waals surface area contributed by atoms with Gasteiger partial charge in [-0.3, -0.25) is 9.88 Å². The van der Waals surface area contributed by atoms with E-state index in [0.29, 0.717) is 18.3 Å². The molecule has 1 aliphatic heterocycles. The van der Waals surface area contributed by atoms with E-state index in [2.05, 4.69) is 15.1 Å². The zero-order chi connectivity index (χ0) is 20.4. The van der Waals surface area contributed by atoms with Gasteiger partial charge in [0.05, 0.1) is 16.6 Å². The van der Waals surface area contributed by atoms with Crippen LogP contribution in [0.4, 0.5) is 0 Å². The normalized spacial score (nSPS) is 17.8. The number of fused-ring (bicyclic) bond motifs is 1. The maximum atomic E-state index is 10.2. The molecule has 1 atom stereocenters. The third-order valence-electron chi connectivity index (χ3n) is 4.69. The molecule has 8 nitrogen and oxygen atoms in total. The van der Waals surface area contributed by atoms with E-state index < -0.39 is 6.41 Å². The van der Waals surface area contributed by atoms with Gasteiger partial charge in [-0.05, 0) is 45.7 Å². The number of nitrogens with zero attached hydrogens (tertiary/aromatic N) is 4. The molecule has 29 heavy (non-hydrogen) atoms. The van der Waals surface area contributed by atoms with Crippen LogP contribution in [0.1, 0.15) is 39.4 Å². The predicted molar refractivity (Wildman–Crippen MR) is 109 cm³/mol. The van der Waals surface area contributed by atoms with Crippen LogP contribution in [0.3, 0.4) is 0 Å². The number of hydrogen-bond acceptors (Lipinski definition) is 9. The van der Waals surface area contributed by atoms with Gasteiger partial charge in [-0.1, -0.05) is 5.16 Å². The Morgan fingerprint density at radius 3 is 2.86 bits per heavy atom. The highest BCUT2D eigenvalue weighted by atomic mass is 32.1. The molecule has 0 amide bonds. The molecule has 0 aromatic carbocycles. The van der Waals surface area contributed by atoms with Crippen LogP contribution in [0.5, 0.6) is 0 Å². The number of pyridine rings is 1. The van der Waals surface area contributed by atoms with Crippen molar-refractivity contribution in [3.05, 3.63) is 30.4 Å². The molecule has 1 aliphatic rings. The number of aliphatic hydroxyl groups is 1. The van der Waals surface area contributed by atoms with Crippen molar-refractivity contribution >= 4 is 21.4 Å². The van der Waals surface area contributed by atoms with E-state index in [4.69, 9.17) is 14.0 Å². The SMILES string of the molecule is CC(C)(C)OC(O)N1CCC(OCc2noc(-c3cc4cnccc4s3)n2)CC1. The van der Waals surface area contributed by atoms with Gasteiger partial charge in [-0.15, -0.1) is 11.3 Å². The fourth-order valence-electron chi connectivity index (χ4n) is 3.25. The number of rotatable bonds is 6. The van der Waals surface area contributed by atoms with Crippen molar-refractivity contribution in [1.82, 2.24) is 20.0 Å². The van der Waals surface area contributed by atoms with E-state index in [-0.39, 0.29) is 11.7 Å². The summed E-state index contributed by atoms with van der Waals surface area (Å²) < 4.78 is 18.1. The molecule has 3 aromatic heterocycles. The van der Waals surface area contributed by atoms with Gasteiger partial charge in [0.2, 0.25) is 6.41 Å². The number of aromatic nitrogens is 3. The fourth-order valence-corrected chi connectivity index (χ4v) is 4.20. The molecular weight excluding hydrogens is 392 g/mol. The number of likely N-dealkylation sites (tertiary alicyclic amines) is 1. The predicted octanol–water partition coefficient (Wildman–Crippen LogP) is 3.42. The van der Waals surface area contributed by atoms with Gasteiger partial charge >= 0.3 is 0 Å². The largest absolute Gasteiger partial charge is 0.370 e. The van der Waals surface area contributed by atoms with Crippen molar-refractivity contribution in [2.75, 3.05) is 13.1 Å². The molecule has 1 N–H and O–H groups in total. The van der Waals surface area contributed by atoms with E-state index in [9.17, 15) is 5.11 Å². The summed E-state index contributed by atoms with van der Waals surface area (Å²) in [6, 6.07) is 3.98. The third-order valence-corrected chi connectivity index (χ3v) is 5.80. The summed E-state index contributed by atoms with van der Waals surface area (Å²) in [4.78, 5) is 11.4. The lowest BCUT2D eigenvalue weighted by molar-refractivity contribution is -0.245. The van der Waals surface area contributed by atoms with Gasteiger partial charge in [0, 0.05) is 35.6 Å². The summed E-state index contributed by atoms with van der Waals surface area (Å²) in [6.07, 6.45) is 4.45. The Morgan fingerprint density at radius 2 is 2.14 bits per heavy atom. The molecule has 156 valence electrons. The zero-order valence-electron chi connectivity index (χ0n) is 16.9. The standard InChI is InChI=1S/C20H26N4O4S/c1-20(2,3)27-19(25)24-8-5-14(6-9-24)26-12-17-22-18(28-23-17)16-10-13-11-21-7-4-15(13)29-16/h4,7,10-11,14,19,25H,5-6,8-9,12H2,1-3H3. The van der Waals surface area contributed by atoms with Gasteiger partial charge in [0.25, 0.3) is 5.89 Å². The first-order valence-electron chi connectivity index (χ1n) is 9.75. The Morgan fingerprint density at radius 1 is 1.34 bits per heavy atom. The average Bonchev–Trinajstić information content (AvgIpc) is 3.32. The lowest BCUT2D eigenvalue weighted by Crippen LogP contribution is -2.47. The van der Waals surface area contributed by atoms with Crippen LogP contribution < -0.4 is 0 Å². The van der Waals surface area contributed by atoms with Gasteiger partial charge in [-0.25, -0.2) is 0 Å². The first-order valence-corrected chi connectivity index (χ1v) is 10.6. The van der Waals surface area contributed by atoms with Crippen LogP contribution in [0, 0.1) is 0 Å². The lowest BCUT2D eigenvalue weighted by Gasteiger charge is -2.37. The summed E-state index contributed by atoms with van der Waals surface area (Å²) in [7, 11) is 0. The van der Waals surface area contributed by atoms with Crippen molar-refractivity contribution in [2.24, 2.45) is 0 Å². The van der Waals surface area contributed by atoms with Gasteiger partial charge in [0.1, 0.15) is 6.61 Å². The monoisotopic (exact) mass is 418 g/mol. The van der Waals surface area contributed by atoms with Crippen molar-refractivity contribution in [3.63, 3.8) is 0 Å². The van der Waals surface area contributed by atoms with E-state index in [0.717, 1.165) is 40.9 Å². The Kier molecular flexibility index (Phi) is 5.93. The number of ether oxygens (including phenoxy) is 2. The topological polar surface area (TPSA) is 93.7 Å². The van der Waals surface area contributed by atoms with E-state index in [1.807, 2.05) is 44.0 Å². The number of piperidine rings is 1. The second-order valence-electron chi connectivity index (χ2n) is 8.14. The summed E-state index contributed by atoms with van der Waals surface area (Å²) in [6.45, 7) is 7.54. The molecule has 0 saturated carbocycles. The maximum absolute atomic E-state index is 10.2. The van der Waals surface area contributed by atoms with Crippen molar-refractivity contribution < 1.29 is 19.1 Å². The van der Waals surface area contributed by atoms with Crippen molar-refractivity contribution in [3.8, 4) is 10.8 Å². The molecule has 0 spiro atoms. The Bertz CT molecular complexity index is 910. The molecule has 1 fully saturated rings. The van der Waals surface area contributed by atoms with Gasteiger partial charge in [0.15, 0.2) is 5.82 Å². The minimum atomic E-state index is -0.882. The number of hydrogen-bond donors (Lipinski definition) is 1. The molecule has 9 heteroatoms. The zero-order valence-corrected chi connectivity index (χ0v) is 17.7. The van der Waals surface area contributed by atoms with Crippen LogP contribution >= 0.6 is 11.3 Å².